The van der Waals surface area contributed by atoms with E-state index in [0.717, 1.165) is 6.42 Å². The smallest absolute Gasteiger partial charge is 0.347 e. The summed E-state index contributed by atoms with van der Waals surface area (Å²) < 4.78 is 12.0. The lowest BCUT2D eigenvalue weighted by atomic mass is 10.1. The first-order valence-corrected chi connectivity index (χ1v) is 12.4. The summed E-state index contributed by atoms with van der Waals surface area (Å²) in [5.74, 6) is -1.98. The maximum absolute atomic E-state index is 13.1. The summed E-state index contributed by atoms with van der Waals surface area (Å²) in [5, 5.41) is 5.40. The molecule has 0 fully saturated rings. The van der Waals surface area contributed by atoms with Gasteiger partial charge in [-0.2, -0.15) is 0 Å². The van der Waals surface area contributed by atoms with E-state index in [2.05, 4.69) is 10.6 Å². The third-order valence-corrected chi connectivity index (χ3v) is 6.98. The molecule has 1 rings (SSSR count). The molecule has 2 amide bonds. The van der Waals surface area contributed by atoms with Crippen molar-refractivity contribution in [1.29, 1.82) is 0 Å². The van der Waals surface area contributed by atoms with Crippen LogP contribution in [0.25, 0.3) is 0 Å². The van der Waals surface area contributed by atoms with Crippen LogP contribution in [0.2, 0.25) is 0 Å². The van der Waals surface area contributed by atoms with Crippen LogP contribution in [0.3, 0.4) is 0 Å². The Kier molecular flexibility index (Phi) is 11.8. The number of hydrogen-bond donors (Lipinski definition) is 2. The standard InChI is InChI=1S/C19H23I3N2O6/c1-5-7-8-11(18(27)29-6-2)30-19(28)12-13(20)16(23-9(3)25)15(22)17(14(12)21)24-10(4)26/h11H,5-8H2,1-4H3,(H,23,25)(H,24,26). The molecule has 1 atom stereocenters. The van der Waals surface area contributed by atoms with E-state index in [9.17, 15) is 19.2 Å². The van der Waals surface area contributed by atoms with Crippen LogP contribution in [0.1, 0.15) is 57.3 Å². The summed E-state index contributed by atoms with van der Waals surface area (Å²) in [6.07, 6.45) is 0.823. The Hall–Kier alpha value is -0.710. The van der Waals surface area contributed by atoms with Gasteiger partial charge >= 0.3 is 11.9 Å². The zero-order valence-corrected chi connectivity index (χ0v) is 23.5. The van der Waals surface area contributed by atoms with Crippen LogP contribution in [-0.4, -0.2) is 36.5 Å². The Bertz CT molecular complexity index is 801. The van der Waals surface area contributed by atoms with Crippen molar-refractivity contribution in [2.75, 3.05) is 17.2 Å². The monoisotopic (exact) mass is 756 g/mol. The number of unbranched alkanes of at least 4 members (excludes halogenated alkanes) is 1. The van der Waals surface area contributed by atoms with Crippen LogP contribution in [0, 0.1) is 10.7 Å². The number of amides is 2. The lowest BCUT2D eigenvalue weighted by Gasteiger charge is -2.21. The Balaban J connectivity index is 3.48. The second-order valence-corrected chi connectivity index (χ2v) is 9.45. The maximum Gasteiger partial charge on any atom is 0.347 e. The molecule has 166 valence electrons. The number of benzene rings is 1. The fourth-order valence-corrected chi connectivity index (χ4v) is 6.60. The molecule has 1 aromatic carbocycles. The van der Waals surface area contributed by atoms with Crippen molar-refractivity contribution in [3.05, 3.63) is 16.3 Å². The highest BCUT2D eigenvalue weighted by Gasteiger charge is 2.30. The second kappa shape index (κ2) is 13.0. The van der Waals surface area contributed by atoms with Crippen LogP contribution in [-0.2, 0) is 23.9 Å². The van der Waals surface area contributed by atoms with Crippen LogP contribution < -0.4 is 10.6 Å². The maximum atomic E-state index is 13.1. The van der Waals surface area contributed by atoms with Crippen LogP contribution >= 0.6 is 67.8 Å². The van der Waals surface area contributed by atoms with E-state index < -0.39 is 18.0 Å². The van der Waals surface area contributed by atoms with Crippen LogP contribution in [0.5, 0.6) is 0 Å². The van der Waals surface area contributed by atoms with Crippen molar-refractivity contribution in [2.24, 2.45) is 0 Å². The Labute approximate surface area is 216 Å². The molecule has 11 heteroatoms. The highest BCUT2D eigenvalue weighted by Crippen LogP contribution is 2.39. The van der Waals surface area contributed by atoms with Gasteiger partial charge in [-0.1, -0.05) is 13.3 Å². The van der Waals surface area contributed by atoms with Gasteiger partial charge in [-0.25, -0.2) is 9.59 Å². The molecule has 0 heterocycles. The van der Waals surface area contributed by atoms with Crippen LogP contribution in [0.15, 0.2) is 0 Å². The summed E-state index contributed by atoms with van der Waals surface area (Å²) in [6, 6.07) is 0. The molecule has 0 aromatic heterocycles. The van der Waals surface area contributed by atoms with Gasteiger partial charge in [0.05, 0.1) is 34.3 Å². The number of ether oxygens (including phenoxy) is 2. The summed E-state index contributed by atoms with van der Waals surface area (Å²) in [4.78, 5) is 48.7. The SMILES string of the molecule is CCCCC(OC(=O)c1c(I)c(NC(C)=O)c(I)c(NC(C)=O)c1I)C(=O)OCC. The van der Waals surface area contributed by atoms with Crippen molar-refractivity contribution < 1.29 is 28.7 Å². The molecule has 1 aromatic rings. The molecule has 0 bridgehead atoms. The summed E-state index contributed by atoms with van der Waals surface area (Å²) >= 11 is 5.89. The number of nitrogens with one attached hydrogen (secondary N) is 2. The van der Waals surface area contributed by atoms with Crippen molar-refractivity contribution in [2.45, 2.75) is 53.1 Å². The molecule has 0 saturated carbocycles. The molecular formula is C19H23I3N2O6. The topological polar surface area (TPSA) is 111 Å². The number of anilines is 2. The van der Waals surface area contributed by atoms with Gasteiger partial charge < -0.3 is 20.1 Å². The van der Waals surface area contributed by atoms with Gasteiger partial charge in [0, 0.05) is 13.8 Å². The second-order valence-electron chi connectivity index (χ2n) is 6.22. The number of hydrogen-bond acceptors (Lipinski definition) is 6. The largest absolute Gasteiger partial charge is 0.463 e. The first-order chi connectivity index (χ1) is 14.0. The van der Waals surface area contributed by atoms with Crippen LogP contribution in [0.4, 0.5) is 11.4 Å². The van der Waals surface area contributed by atoms with E-state index in [1.807, 2.05) is 74.7 Å². The molecule has 0 spiro atoms. The van der Waals surface area contributed by atoms with Gasteiger partial charge in [0.25, 0.3) is 0 Å². The number of carbonyl (C=O) groups is 4. The van der Waals surface area contributed by atoms with E-state index in [0.29, 0.717) is 34.9 Å². The molecule has 2 N–H and O–H groups in total. The molecule has 30 heavy (non-hydrogen) atoms. The predicted octanol–water partition coefficient (Wildman–Crippen LogP) is 4.70. The minimum absolute atomic E-state index is 0.162. The van der Waals surface area contributed by atoms with E-state index in [1.54, 1.807) is 6.92 Å². The Morgan fingerprint density at radius 3 is 1.80 bits per heavy atom. The van der Waals surface area contributed by atoms with Gasteiger partial charge in [-0.05, 0) is 87.5 Å². The number of halogens is 3. The average molecular weight is 756 g/mol. The fourth-order valence-electron chi connectivity index (χ4n) is 2.45. The van der Waals surface area contributed by atoms with Crippen molar-refractivity contribution in [3.63, 3.8) is 0 Å². The van der Waals surface area contributed by atoms with E-state index >= 15 is 0 Å². The Morgan fingerprint density at radius 1 is 0.900 bits per heavy atom. The Morgan fingerprint density at radius 2 is 1.40 bits per heavy atom. The average Bonchev–Trinajstić information content (AvgIpc) is 2.65. The van der Waals surface area contributed by atoms with Gasteiger partial charge in [0.1, 0.15) is 0 Å². The van der Waals surface area contributed by atoms with Gasteiger partial charge in [0.2, 0.25) is 11.8 Å². The van der Waals surface area contributed by atoms with Crippen molar-refractivity contribution in [1.82, 2.24) is 0 Å². The normalized spacial score (nSPS) is 11.4. The van der Waals surface area contributed by atoms with Gasteiger partial charge in [-0.3, -0.25) is 9.59 Å². The van der Waals surface area contributed by atoms with E-state index in [4.69, 9.17) is 9.47 Å². The summed E-state index contributed by atoms with van der Waals surface area (Å²) in [7, 11) is 0. The molecule has 0 aliphatic heterocycles. The predicted molar refractivity (Wildman–Crippen MR) is 139 cm³/mol. The number of rotatable bonds is 9. The lowest BCUT2D eigenvalue weighted by molar-refractivity contribution is -0.153. The first-order valence-electron chi connectivity index (χ1n) is 9.18. The van der Waals surface area contributed by atoms with E-state index in [-0.39, 0.29) is 24.0 Å². The number of esters is 2. The zero-order valence-electron chi connectivity index (χ0n) is 17.0. The first kappa shape index (κ1) is 27.3. The molecule has 0 aliphatic rings. The quantitative estimate of drug-likeness (QED) is 0.280. The highest BCUT2D eigenvalue weighted by atomic mass is 127. The molecular weight excluding hydrogens is 733 g/mol. The zero-order chi connectivity index (χ0) is 23.0. The molecule has 0 aliphatic carbocycles. The van der Waals surface area contributed by atoms with E-state index in [1.165, 1.54) is 13.8 Å². The number of carbonyl (C=O) groups excluding carboxylic acids is 4. The molecule has 8 nitrogen and oxygen atoms in total. The molecule has 1 unspecified atom stereocenters. The van der Waals surface area contributed by atoms with Crippen molar-refractivity contribution >= 4 is 103 Å². The molecule has 0 saturated heterocycles. The fraction of sp³-hybridized carbons (Fsp3) is 0.474. The third kappa shape index (κ3) is 7.46. The molecule has 0 radical (unpaired) electrons. The highest BCUT2D eigenvalue weighted by molar-refractivity contribution is 14.1. The third-order valence-electron chi connectivity index (χ3n) is 3.74. The minimum atomic E-state index is -1.03. The van der Waals surface area contributed by atoms with Gasteiger partial charge in [0.15, 0.2) is 6.10 Å². The lowest BCUT2D eigenvalue weighted by Crippen LogP contribution is -2.30. The summed E-state index contributed by atoms with van der Waals surface area (Å²) in [6.45, 7) is 6.52. The summed E-state index contributed by atoms with van der Waals surface area (Å²) in [5.41, 5.74) is 0.942. The van der Waals surface area contributed by atoms with Gasteiger partial charge in [-0.15, -0.1) is 0 Å². The van der Waals surface area contributed by atoms with Crippen molar-refractivity contribution in [3.8, 4) is 0 Å². The minimum Gasteiger partial charge on any atom is -0.463 e.